The molecule has 1 spiro atoms. The summed E-state index contributed by atoms with van der Waals surface area (Å²) in [5, 5.41) is 9.95. The Hall–Kier alpha value is -2.25. The molecule has 0 radical (unpaired) electrons. The van der Waals surface area contributed by atoms with Gasteiger partial charge in [-0.1, -0.05) is 30.7 Å². The van der Waals surface area contributed by atoms with E-state index in [2.05, 4.69) is 23.1 Å². The highest BCUT2D eigenvalue weighted by atomic mass is 35.5. The van der Waals surface area contributed by atoms with E-state index in [-0.39, 0.29) is 17.1 Å². The minimum Gasteiger partial charge on any atom is -0.487 e. The zero-order valence-corrected chi connectivity index (χ0v) is 21.9. The van der Waals surface area contributed by atoms with Gasteiger partial charge in [0, 0.05) is 24.2 Å². The van der Waals surface area contributed by atoms with Crippen LogP contribution < -0.4 is 4.74 Å². The molecular formula is C29H33ClF3NO3. The normalized spacial score (nSPS) is 22.1. The number of aliphatic carboxylic acids is 1. The molecule has 2 aliphatic heterocycles. The number of carboxylic acids is 1. The molecule has 1 aliphatic carbocycles. The fraction of sp³-hybridized carbons (Fsp3) is 0.552. The molecule has 2 aromatic rings. The summed E-state index contributed by atoms with van der Waals surface area (Å²) < 4.78 is 47.6. The number of aryl methyl sites for hydroxylation is 1. The third-order valence-electron chi connectivity index (χ3n) is 8.74. The van der Waals surface area contributed by atoms with Gasteiger partial charge in [-0.3, -0.25) is 9.69 Å². The maximum Gasteiger partial charge on any atom is 0.416 e. The van der Waals surface area contributed by atoms with E-state index in [0.29, 0.717) is 24.0 Å². The number of benzene rings is 2. The summed E-state index contributed by atoms with van der Waals surface area (Å²) in [5.41, 5.74) is 1.38. The summed E-state index contributed by atoms with van der Waals surface area (Å²) in [6.07, 6.45) is 0.864. The minimum atomic E-state index is -4.43. The highest BCUT2D eigenvalue weighted by Gasteiger charge is 2.43. The average molecular weight is 536 g/mol. The first-order chi connectivity index (χ1) is 17.5. The van der Waals surface area contributed by atoms with Gasteiger partial charge in [0.15, 0.2) is 0 Å². The molecule has 1 saturated carbocycles. The highest BCUT2D eigenvalue weighted by Crippen LogP contribution is 2.49. The van der Waals surface area contributed by atoms with Gasteiger partial charge in [0.05, 0.1) is 11.5 Å². The Kier molecular flexibility index (Phi) is 6.99. The molecule has 200 valence electrons. The molecule has 4 nitrogen and oxygen atoms in total. The second-order valence-corrected chi connectivity index (χ2v) is 11.5. The van der Waals surface area contributed by atoms with Crippen LogP contribution in [-0.2, 0) is 17.4 Å². The number of carbonyl (C=O) groups is 1. The molecule has 1 unspecified atom stereocenters. The molecule has 0 bridgehead atoms. The Morgan fingerprint density at radius 2 is 1.81 bits per heavy atom. The number of hydrogen-bond acceptors (Lipinski definition) is 3. The van der Waals surface area contributed by atoms with E-state index >= 15 is 0 Å². The molecule has 2 aromatic carbocycles. The van der Waals surface area contributed by atoms with Gasteiger partial charge in [0.25, 0.3) is 0 Å². The number of piperidine rings is 1. The zero-order valence-electron chi connectivity index (χ0n) is 21.2. The second kappa shape index (κ2) is 9.81. The first kappa shape index (κ1) is 26.4. The average Bonchev–Trinajstić information content (AvgIpc) is 3.68. The maximum atomic E-state index is 13.7. The Bertz CT molecular complexity index is 1170. The van der Waals surface area contributed by atoms with Crippen LogP contribution in [0.1, 0.15) is 80.2 Å². The number of alkyl halides is 3. The Morgan fingerprint density at radius 3 is 2.43 bits per heavy atom. The Balaban J connectivity index is 1.31. The fourth-order valence-electron chi connectivity index (χ4n) is 6.31. The smallest absolute Gasteiger partial charge is 0.416 e. The second-order valence-electron chi connectivity index (χ2n) is 11.1. The lowest BCUT2D eigenvalue weighted by molar-refractivity contribution is -0.142. The SMILES string of the molecule is CC(c1cc(Cl)ccc1C(F)(F)F)N1CCC2(CCc3ccc([C@H](C4CC4)[C@H](C)C(=O)O)cc3O2)CC1. The molecule has 2 fully saturated rings. The van der Waals surface area contributed by atoms with Gasteiger partial charge >= 0.3 is 12.1 Å². The van der Waals surface area contributed by atoms with E-state index in [0.717, 1.165) is 61.5 Å². The van der Waals surface area contributed by atoms with Crippen molar-refractivity contribution < 1.29 is 27.8 Å². The first-order valence-electron chi connectivity index (χ1n) is 13.1. The Labute approximate surface area is 220 Å². The number of hydrogen-bond donors (Lipinski definition) is 1. The number of likely N-dealkylation sites (tertiary alicyclic amines) is 1. The van der Waals surface area contributed by atoms with Crippen LogP contribution >= 0.6 is 11.6 Å². The lowest BCUT2D eigenvalue weighted by Gasteiger charge is -2.46. The van der Waals surface area contributed by atoms with Gasteiger partial charge < -0.3 is 9.84 Å². The van der Waals surface area contributed by atoms with Crippen molar-refractivity contribution in [1.29, 1.82) is 0 Å². The van der Waals surface area contributed by atoms with Crippen molar-refractivity contribution in [2.75, 3.05) is 13.1 Å². The summed E-state index contributed by atoms with van der Waals surface area (Å²) in [6.45, 7) is 4.85. The lowest BCUT2D eigenvalue weighted by atomic mass is 9.80. The summed E-state index contributed by atoms with van der Waals surface area (Å²) in [7, 11) is 0. The quantitative estimate of drug-likeness (QED) is 0.416. The van der Waals surface area contributed by atoms with Crippen molar-refractivity contribution in [3.05, 3.63) is 63.7 Å². The van der Waals surface area contributed by atoms with E-state index in [4.69, 9.17) is 16.3 Å². The van der Waals surface area contributed by atoms with Crippen molar-refractivity contribution in [3.63, 3.8) is 0 Å². The summed E-state index contributed by atoms with van der Waals surface area (Å²) in [4.78, 5) is 13.8. The third-order valence-corrected chi connectivity index (χ3v) is 8.97. The van der Waals surface area contributed by atoms with Crippen LogP contribution in [0.25, 0.3) is 0 Å². The summed E-state index contributed by atoms with van der Waals surface area (Å²) in [5.74, 6) is -0.0162. The van der Waals surface area contributed by atoms with Crippen LogP contribution in [0.3, 0.4) is 0 Å². The summed E-state index contributed by atoms with van der Waals surface area (Å²) >= 11 is 6.07. The monoisotopic (exact) mass is 535 g/mol. The van der Waals surface area contributed by atoms with Gasteiger partial charge in [0.2, 0.25) is 0 Å². The molecule has 3 atom stereocenters. The van der Waals surface area contributed by atoms with E-state index in [1.54, 1.807) is 6.92 Å². The molecule has 3 aliphatic rings. The molecule has 1 N–H and O–H groups in total. The van der Waals surface area contributed by atoms with E-state index < -0.39 is 29.7 Å². The predicted octanol–water partition coefficient (Wildman–Crippen LogP) is 7.49. The number of ether oxygens (including phenoxy) is 1. The van der Waals surface area contributed by atoms with Gasteiger partial charge in [-0.15, -0.1) is 0 Å². The molecule has 1 saturated heterocycles. The van der Waals surface area contributed by atoms with Crippen LogP contribution in [-0.4, -0.2) is 34.7 Å². The van der Waals surface area contributed by atoms with Crippen molar-refractivity contribution in [2.45, 2.75) is 76.1 Å². The number of fused-ring (bicyclic) bond motifs is 1. The molecule has 2 heterocycles. The van der Waals surface area contributed by atoms with Crippen molar-refractivity contribution in [2.24, 2.45) is 11.8 Å². The van der Waals surface area contributed by atoms with E-state index in [1.807, 2.05) is 6.92 Å². The molecular weight excluding hydrogens is 503 g/mol. The highest BCUT2D eigenvalue weighted by molar-refractivity contribution is 6.30. The number of nitrogens with zero attached hydrogens (tertiary/aromatic N) is 1. The van der Waals surface area contributed by atoms with Gasteiger partial charge in [-0.2, -0.15) is 13.2 Å². The molecule has 37 heavy (non-hydrogen) atoms. The maximum absolute atomic E-state index is 13.7. The van der Waals surface area contributed by atoms with Crippen molar-refractivity contribution in [1.82, 2.24) is 4.90 Å². The predicted molar refractivity (Wildman–Crippen MR) is 136 cm³/mol. The molecule has 5 rings (SSSR count). The van der Waals surface area contributed by atoms with Gasteiger partial charge in [-0.05, 0) is 98.2 Å². The topological polar surface area (TPSA) is 49.8 Å². The summed E-state index contributed by atoms with van der Waals surface area (Å²) in [6, 6.07) is 9.56. The van der Waals surface area contributed by atoms with Crippen LogP contribution in [0.5, 0.6) is 5.75 Å². The number of carboxylic acid groups (broad SMARTS) is 1. The van der Waals surface area contributed by atoms with Crippen LogP contribution in [0.4, 0.5) is 13.2 Å². The van der Waals surface area contributed by atoms with Gasteiger partial charge in [0.1, 0.15) is 11.4 Å². The van der Waals surface area contributed by atoms with E-state index in [9.17, 15) is 23.1 Å². The first-order valence-corrected chi connectivity index (χ1v) is 13.5. The van der Waals surface area contributed by atoms with Crippen molar-refractivity contribution >= 4 is 17.6 Å². The standard InChI is InChI=1S/C29H33ClF3NO3/c1-17(27(35)36)26(20-4-5-20)21-6-3-19-9-10-28(37-25(19)15-21)11-13-34(14-12-28)18(2)23-16-22(30)7-8-24(23)29(31,32)33/h3,6-8,15-18,20,26H,4-5,9-14H2,1-2H3,(H,35,36)/t17-,18?,26-/m0/s1. The van der Waals surface area contributed by atoms with Crippen LogP contribution in [0.2, 0.25) is 5.02 Å². The Morgan fingerprint density at radius 1 is 1.11 bits per heavy atom. The molecule has 0 amide bonds. The molecule has 8 heteroatoms. The van der Waals surface area contributed by atoms with Gasteiger partial charge in [-0.25, -0.2) is 0 Å². The minimum absolute atomic E-state index is 0.0208. The lowest BCUT2D eigenvalue weighted by Crippen LogP contribution is -2.50. The largest absolute Gasteiger partial charge is 0.487 e. The zero-order chi connectivity index (χ0) is 26.5. The fourth-order valence-corrected chi connectivity index (χ4v) is 6.49. The third kappa shape index (κ3) is 5.35. The number of rotatable bonds is 6. The number of halogens is 4. The van der Waals surface area contributed by atoms with Crippen LogP contribution in [0, 0.1) is 11.8 Å². The molecule has 0 aromatic heterocycles. The van der Waals surface area contributed by atoms with Crippen molar-refractivity contribution in [3.8, 4) is 5.75 Å². The van der Waals surface area contributed by atoms with Crippen LogP contribution in [0.15, 0.2) is 36.4 Å². The van der Waals surface area contributed by atoms with E-state index in [1.165, 1.54) is 12.1 Å².